The maximum atomic E-state index is 13.7. The molecule has 1 amide bonds. The Balaban J connectivity index is 1.56. The number of para-hydroxylation sites is 1. The van der Waals surface area contributed by atoms with E-state index in [0.717, 1.165) is 41.0 Å². The van der Waals surface area contributed by atoms with Crippen molar-refractivity contribution < 1.29 is 27.5 Å². The zero-order chi connectivity index (χ0) is 23.3. The number of anilines is 1. The minimum Gasteiger partial charge on any atom is -0.465 e. The second-order valence-corrected chi connectivity index (χ2v) is 9.57. The number of ether oxygens (including phenoxy) is 1. The van der Waals surface area contributed by atoms with Crippen LogP contribution in [-0.2, 0) is 23.8 Å². The van der Waals surface area contributed by atoms with E-state index < -0.39 is 23.7 Å². The van der Waals surface area contributed by atoms with E-state index in [9.17, 15) is 22.8 Å². The van der Waals surface area contributed by atoms with Crippen LogP contribution in [0.5, 0.6) is 0 Å². The summed E-state index contributed by atoms with van der Waals surface area (Å²) in [7, 11) is 1.27. The lowest BCUT2D eigenvalue weighted by Crippen LogP contribution is -2.13. The molecule has 1 aliphatic carbocycles. The minimum atomic E-state index is -4.68. The number of nitrogens with one attached hydrogen (secondary N) is 1. The van der Waals surface area contributed by atoms with Crippen molar-refractivity contribution in [3.63, 3.8) is 0 Å². The summed E-state index contributed by atoms with van der Waals surface area (Å²) in [5.74, 6) is -1.13. The van der Waals surface area contributed by atoms with E-state index in [1.807, 2.05) is 0 Å². The van der Waals surface area contributed by atoms with E-state index in [4.69, 9.17) is 4.74 Å². The zero-order valence-electron chi connectivity index (χ0n) is 17.2. The molecule has 0 atom stereocenters. The molecular formula is C22H16F3N3O3S2. The Morgan fingerprint density at radius 1 is 1.15 bits per heavy atom. The van der Waals surface area contributed by atoms with Crippen LogP contribution in [-0.4, -0.2) is 28.8 Å². The molecule has 1 aromatic carbocycles. The average molecular weight is 492 g/mol. The van der Waals surface area contributed by atoms with Gasteiger partial charge in [0.1, 0.15) is 9.83 Å². The van der Waals surface area contributed by atoms with Gasteiger partial charge in [-0.05, 0) is 43.0 Å². The standard InChI is InChI=1S/C22H16F3N3O3S2/c1-31-21(30)16-12-8-5-9-14(12)32-19(16)26-18(29)15-10-13-17(22(23,24)25)27-28(20(13)33-15)11-6-3-2-4-7-11/h2-4,6-7,10H,5,8-9H2,1H3,(H,26,29). The molecule has 1 aliphatic rings. The van der Waals surface area contributed by atoms with Crippen molar-refractivity contribution in [2.75, 3.05) is 12.4 Å². The molecule has 1 N–H and O–H groups in total. The first kappa shape index (κ1) is 21.7. The summed E-state index contributed by atoms with van der Waals surface area (Å²) in [5.41, 5.74) is 0.602. The summed E-state index contributed by atoms with van der Waals surface area (Å²) in [5, 5.41) is 6.69. The third-order valence-electron chi connectivity index (χ3n) is 5.39. The van der Waals surface area contributed by atoms with Gasteiger partial charge in [0.15, 0.2) is 5.69 Å². The summed E-state index contributed by atoms with van der Waals surface area (Å²) < 4.78 is 47.0. The molecule has 0 aliphatic heterocycles. The number of fused-ring (bicyclic) bond motifs is 2. The fourth-order valence-corrected chi connectivity index (χ4v) is 6.25. The number of benzene rings is 1. The van der Waals surface area contributed by atoms with Crippen molar-refractivity contribution in [2.24, 2.45) is 0 Å². The Morgan fingerprint density at radius 3 is 2.61 bits per heavy atom. The first-order valence-electron chi connectivity index (χ1n) is 9.97. The lowest BCUT2D eigenvalue weighted by molar-refractivity contribution is -0.140. The number of methoxy groups -OCH3 is 1. The molecule has 0 saturated heterocycles. The lowest BCUT2D eigenvalue weighted by atomic mass is 10.1. The topological polar surface area (TPSA) is 73.2 Å². The molecule has 0 fully saturated rings. The van der Waals surface area contributed by atoms with Gasteiger partial charge in [-0.1, -0.05) is 18.2 Å². The van der Waals surface area contributed by atoms with Crippen molar-refractivity contribution in [3.05, 3.63) is 63.0 Å². The van der Waals surface area contributed by atoms with Gasteiger partial charge < -0.3 is 10.1 Å². The largest absolute Gasteiger partial charge is 0.465 e. The van der Waals surface area contributed by atoms with Crippen LogP contribution in [0.4, 0.5) is 18.2 Å². The predicted octanol–water partition coefficient (Wildman–Crippen LogP) is 5.69. The number of hydrogen-bond acceptors (Lipinski definition) is 6. The van der Waals surface area contributed by atoms with Crippen LogP contribution < -0.4 is 5.32 Å². The molecule has 6 nitrogen and oxygen atoms in total. The first-order valence-corrected chi connectivity index (χ1v) is 11.6. The number of carbonyl (C=O) groups is 2. The van der Waals surface area contributed by atoms with Gasteiger partial charge in [-0.2, -0.15) is 18.3 Å². The molecule has 3 heterocycles. The Morgan fingerprint density at radius 2 is 1.91 bits per heavy atom. The quantitative estimate of drug-likeness (QED) is 0.372. The number of carbonyl (C=O) groups excluding carboxylic acids is 2. The molecule has 4 aromatic rings. The molecule has 5 rings (SSSR count). The third kappa shape index (κ3) is 3.70. The van der Waals surface area contributed by atoms with Crippen LogP contribution in [0.15, 0.2) is 36.4 Å². The van der Waals surface area contributed by atoms with E-state index in [1.165, 1.54) is 29.2 Å². The van der Waals surface area contributed by atoms with Gasteiger partial charge in [0, 0.05) is 10.3 Å². The van der Waals surface area contributed by atoms with Gasteiger partial charge >= 0.3 is 12.1 Å². The summed E-state index contributed by atoms with van der Waals surface area (Å²) in [4.78, 5) is 26.7. The molecule has 0 spiro atoms. The number of hydrogen-bond donors (Lipinski definition) is 1. The number of halogens is 3. The van der Waals surface area contributed by atoms with Gasteiger partial charge in [0.25, 0.3) is 5.91 Å². The number of amides is 1. The summed E-state index contributed by atoms with van der Waals surface area (Å²) in [6.07, 6.45) is -2.23. The average Bonchev–Trinajstić information content (AvgIpc) is 3.52. The number of aromatic nitrogens is 2. The van der Waals surface area contributed by atoms with Crippen LogP contribution in [0.3, 0.4) is 0 Å². The van der Waals surface area contributed by atoms with Crippen molar-refractivity contribution >= 4 is 49.8 Å². The van der Waals surface area contributed by atoms with Crippen LogP contribution in [0.25, 0.3) is 15.9 Å². The molecule has 0 unspecified atom stereocenters. The Kier molecular flexibility index (Phi) is 5.25. The SMILES string of the molecule is COC(=O)c1c(NC(=O)c2cc3c(C(F)(F)F)nn(-c4ccccc4)c3s2)sc2c1CCC2. The van der Waals surface area contributed by atoms with Gasteiger partial charge in [0.2, 0.25) is 0 Å². The number of esters is 1. The van der Waals surface area contributed by atoms with Crippen molar-refractivity contribution in [2.45, 2.75) is 25.4 Å². The molecule has 170 valence electrons. The van der Waals surface area contributed by atoms with Gasteiger partial charge in [-0.25, -0.2) is 9.48 Å². The summed E-state index contributed by atoms with van der Waals surface area (Å²) in [6, 6.07) is 9.62. The first-order chi connectivity index (χ1) is 15.8. The Bertz CT molecular complexity index is 1390. The van der Waals surface area contributed by atoms with E-state index in [1.54, 1.807) is 30.3 Å². The molecule has 33 heavy (non-hydrogen) atoms. The maximum absolute atomic E-state index is 13.7. The van der Waals surface area contributed by atoms with Crippen molar-refractivity contribution in [1.29, 1.82) is 0 Å². The highest BCUT2D eigenvalue weighted by Crippen LogP contribution is 2.41. The zero-order valence-corrected chi connectivity index (χ0v) is 18.8. The molecule has 0 radical (unpaired) electrons. The van der Waals surface area contributed by atoms with E-state index >= 15 is 0 Å². The number of thiophene rings is 2. The Labute approximate surface area is 193 Å². The number of aryl methyl sites for hydroxylation is 1. The number of rotatable bonds is 4. The minimum absolute atomic E-state index is 0.0851. The fraction of sp³-hybridized carbons (Fsp3) is 0.227. The molecule has 0 saturated carbocycles. The highest BCUT2D eigenvalue weighted by molar-refractivity contribution is 7.21. The van der Waals surface area contributed by atoms with E-state index in [0.29, 0.717) is 16.3 Å². The number of alkyl halides is 3. The monoisotopic (exact) mass is 491 g/mol. The highest BCUT2D eigenvalue weighted by Gasteiger charge is 2.38. The van der Waals surface area contributed by atoms with Gasteiger partial charge in [-0.15, -0.1) is 22.7 Å². The Hall–Kier alpha value is -3.18. The van der Waals surface area contributed by atoms with Gasteiger partial charge in [-0.3, -0.25) is 4.79 Å². The highest BCUT2D eigenvalue weighted by atomic mass is 32.1. The lowest BCUT2D eigenvalue weighted by Gasteiger charge is -2.06. The number of nitrogens with zero attached hydrogens (tertiary/aromatic N) is 2. The second-order valence-electron chi connectivity index (χ2n) is 7.43. The normalized spacial score (nSPS) is 13.3. The summed E-state index contributed by atoms with van der Waals surface area (Å²) in [6.45, 7) is 0. The third-order valence-corrected chi connectivity index (χ3v) is 7.71. The van der Waals surface area contributed by atoms with Crippen LogP contribution in [0.1, 0.15) is 42.6 Å². The van der Waals surface area contributed by atoms with Crippen LogP contribution >= 0.6 is 22.7 Å². The van der Waals surface area contributed by atoms with Gasteiger partial charge in [0.05, 0.1) is 23.2 Å². The van der Waals surface area contributed by atoms with Crippen molar-refractivity contribution in [1.82, 2.24) is 9.78 Å². The van der Waals surface area contributed by atoms with E-state index in [2.05, 4.69) is 10.4 Å². The van der Waals surface area contributed by atoms with Crippen LogP contribution in [0.2, 0.25) is 0 Å². The fourth-order valence-electron chi connectivity index (χ4n) is 3.95. The van der Waals surface area contributed by atoms with Crippen molar-refractivity contribution in [3.8, 4) is 5.69 Å². The predicted molar refractivity (Wildman–Crippen MR) is 120 cm³/mol. The molecule has 3 aromatic heterocycles. The second kappa shape index (κ2) is 7.99. The smallest absolute Gasteiger partial charge is 0.435 e. The summed E-state index contributed by atoms with van der Waals surface area (Å²) >= 11 is 2.22. The molecular weight excluding hydrogens is 475 g/mol. The van der Waals surface area contributed by atoms with Crippen LogP contribution in [0, 0.1) is 0 Å². The maximum Gasteiger partial charge on any atom is 0.435 e. The van der Waals surface area contributed by atoms with E-state index in [-0.39, 0.29) is 15.1 Å². The molecule has 0 bridgehead atoms. The molecule has 11 heteroatoms.